The summed E-state index contributed by atoms with van der Waals surface area (Å²) in [5.41, 5.74) is 2.77. The van der Waals surface area contributed by atoms with Crippen molar-refractivity contribution < 1.29 is 18.8 Å². The number of fused-ring (bicyclic) bond motifs is 1. The lowest BCUT2D eigenvalue weighted by Gasteiger charge is -2.17. The summed E-state index contributed by atoms with van der Waals surface area (Å²) in [4.78, 5) is 39.6. The molecule has 1 aliphatic rings. The van der Waals surface area contributed by atoms with E-state index in [1.54, 1.807) is 12.1 Å². The Morgan fingerprint density at radius 2 is 1.67 bits per heavy atom. The van der Waals surface area contributed by atoms with E-state index in [4.69, 9.17) is 0 Å². The number of imide groups is 1. The van der Waals surface area contributed by atoms with Crippen LogP contribution in [-0.2, 0) is 0 Å². The Morgan fingerprint density at radius 1 is 0.933 bits per heavy atom. The van der Waals surface area contributed by atoms with Gasteiger partial charge in [-0.25, -0.2) is 9.29 Å². The van der Waals surface area contributed by atoms with E-state index in [-0.39, 0.29) is 22.4 Å². The van der Waals surface area contributed by atoms with Gasteiger partial charge in [0.15, 0.2) is 0 Å². The molecule has 30 heavy (non-hydrogen) atoms. The average molecular weight is 467 g/mol. The van der Waals surface area contributed by atoms with Gasteiger partial charge >= 0.3 is 0 Å². The summed E-state index contributed by atoms with van der Waals surface area (Å²) in [5.74, 6) is -2.10. The van der Waals surface area contributed by atoms with Crippen molar-refractivity contribution in [1.29, 1.82) is 0 Å². The maximum Gasteiger partial charge on any atom is 0.266 e. The van der Waals surface area contributed by atoms with Gasteiger partial charge in [0.2, 0.25) is 0 Å². The monoisotopic (exact) mass is 466 g/mol. The number of carbonyl (C=O) groups is 3. The van der Waals surface area contributed by atoms with Crippen LogP contribution in [-0.4, -0.2) is 17.7 Å². The van der Waals surface area contributed by atoms with E-state index in [0.29, 0.717) is 10.2 Å². The quantitative estimate of drug-likeness (QED) is 0.535. The van der Waals surface area contributed by atoms with Crippen molar-refractivity contribution in [3.05, 3.63) is 92.7 Å². The number of benzene rings is 3. The molecule has 0 saturated heterocycles. The predicted molar refractivity (Wildman–Crippen MR) is 116 cm³/mol. The minimum Gasteiger partial charge on any atom is -0.319 e. The van der Waals surface area contributed by atoms with Gasteiger partial charge in [0.25, 0.3) is 17.7 Å². The Morgan fingerprint density at radius 3 is 2.40 bits per heavy atom. The van der Waals surface area contributed by atoms with Gasteiger partial charge in [-0.15, -0.1) is 0 Å². The van der Waals surface area contributed by atoms with Gasteiger partial charge in [0, 0.05) is 10.0 Å². The minimum absolute atomic E-state index is 0.0168. The molecule has 0 spiro atoms. The highest BCUT2D eigenvalue weighted by Gasteiger charge is 2.37. The second-order valence-corrected chi connectivity index (χ2v) is 7.99. The van der Waals surface area contributed by atoms with Crippen LogP contribution in [0.4, 0.5) is 15.8 Å². The fourth-order valence-electron chi connectivity index (χ4n) is 3.35. The third-order valence-corrected chi connectivity index (χ3v) is 5.43. The molecule has 0 radical (unpaired) electrons. The highest BCUT2D eigenvalue weighted by atomic mass is 79.9. The van der Waals surface area contributed by atoms with Gasteiger partial charge in [-0.2, -0.15) is 0 Å². The lowest BCUT2D eigenvalue weighted by atomic mass is 10.1. The van der Waals surface area contributed by atoms with E-state index in [0.717, 1.165) is 16.0 Å². The smallest absolute Gasteiger partial charge is 0.266 e. The molecule has 5 nitrogen and oxygen atoms in total. The first kappa shape index (κ1) is 20.0. The summed E-state index contributed by atoms with van der Waals surface area (Å²) in [5, 5.41) is 2.49. The first-order valence-corrected chi connectivity index (χ1v) is 9.92. The van der Waals surface area contributed by atoms with Crippen molar-refractivity contribution >= 4 is 45.0 Å². The molecule has 3 aromatic carbocycles. The number of aryl methyl sites for hydroxylation is 2. The van der Waals surface area contributed by atoms with Crippen LogP contribution in [0.25, 0.3) is 0 Å². The van der Waals surface area contributed by atoms with Crippen LogP contribution in [0.5, 0.6) is 0 Å². The molecule has 3 amide bonds. The van der Waals surface area contributed by atoms with E-state index >= 15 is 0 Å². The van der Waals surface area contributed by atoms with Gasteiger partial charge in [-0.1, -0.05) is 28.1 Å². The lowest BCUT2D eigenvalue weighted by molar-refractivity contribution is 0.0925. The van der Waals surface area contributed by atoms with E-state index in [9.17, 15) is 18.8 Å². The molecular weight excluding hydrogens is 451 g/mol. The number of nitrogens with one attached hydrogen (secondary N) is 1. The molecule has 0 bridgehead atoms. The van der Waals surface area contributed by atoms with Crippen molar-refractivity contribution in [3.8, 4) is 0 Å². The van der Waals surface area contributed by atoms with Crippen LogP contribution >= 0.6 is 15.9 Å². The molecular formula is C23H16BrFN2O3. The number of halogens is 2. The van der Waals surface area contributed by atoms with Crippen LogP contribution in [0.1, 0.15) is 42.2 Å². The summed E-state index contributed by atoms with van der Waals surface area (Å²) in [6.45, 7) is 3.70. The highest BCUT2D eigenvalue weighted by Crippen LogP contribution is 2.32. The first-order chi connectivity index (χ1) is 14.3. The largest absolute Gasteiger partial charge is 0.319 e. The van der Waals surface area contributed by atoms with Crippen molar-refractivity contribution in [2.24, 2.45) is 0 Å². The normalized spacial score (nSPS) is 12.9. The number of nitrogens with zero attached hydrogens (tertiary/aromatic N) is 1. The molecule has 7 heteroatoms. The SMILES string of the molecule is Cc1ccc(C)c(N2C(=O)c3ccc(C(=O)Nc4ccc(Br)cc4F)cc3C2=O)c1. The van der Waals surface area contributed by atoms with Gasteiger partial charge in [0.05, 0.1) is 22.5 Å². The van der Waals surface area contributed by atoms with E-state index in [2.05, 4.69) is 21.2 Å². The van der Waals surface area contributed by atoms with Gasteiger partial charge in [0.1, 0.15) is 5.82 Å². The van der Waals surface area contributed by atoms with Crippen LogP contribution in [0.2, 0.25) is 0 Å². The molecule has 3 aromatic rings. The Hall–Kier alpha value is -3.32. The maximum absolute atomic E-state index is 14.0. The molecule has 0 aromatic heterocycles. The van der Waals surface area contributed by atoms with Crippen molar-refractivity contribution in [2.75, 3.05) is 10.2 Å². The fourth-order valence-corrected chi connectivity index (χ4v) is 3.68. The van der Waals surface area contributed by atoms with Crippen LogP contribution in [0.3, 0.4) is 0 Å². The second-order valence-electron chi connectivity index (χ2n) is 7.07. The Bertz CT molecular complexity index is 1240. The summed E-state index contributed by atoms with van der Waals surface area (Å²) >= 11 is 3.16. The molecule has 0 atom stereocenters. The van der Waals surface area contributed by atoms with Gasteiger partial charge in [-0.3, -0.25) is 14.4 Å². The summed E-state index contributed by atoms with van der Waals surface area (Å²) in [6.07, 6.45) is 0. The Labute approximate surface area is 180 Å². The summed E-state index contributed by atoms with van der Waals surface area (Å²) < 4.78 is 14.6. The molecule has 1 heterocycles. The fraction of sp³-hybridized carbons (Fsp3) is 0.0870. The van der Waals surface area contributed by atoms with E-state index in [1.807, 2.05) is 26.0 Å². The molecule has 0 unspecified atom stereocenters. The van der Waals surface area contributed by atoms with Crippen LogP contribution in [0.15, 0.2) is 59.1 Å². The Kier molecular flexibility index (Phi) is 4.99. The van der Waals surface area contributed by atoms with Crippen molar-refractivity contribution in [2.45, 2.75) is 13.8 Å². The van der Waals surface area contributed by atoms with Gasteiger partial charge in [-0.05, 0) is 67.4 Å². The predicted octanol–water partition coefficient (Wildman–Crippen LogP) is 5.26. The molecule has 4 rings (SSSR count). The van der Waals surface area contributed by atoms with E-state index in [1.165, 1.54) is 30.3 Å². The molecule has 150 valence electrons. The first-order valence-electron chi connectivity index (χ1n) is 9.13. The van der Waals surface area contributed by atoms with Crippen molar-refractivity contribution in [3.63, 3.8) is 0 Å². The van der Waals surface area contributed by atoms with Crippen molar-refractivity contribution in [1.82, 2.24) is 0 Å². The lowest BCUT2D eigenvalue weighted by Crippen LogP contribution is -2.30. The highest BCUT2D eigenvalue weighted by molar-refractivity contribution is 9.10. The average Bonchev–Trinajstić information content (AvgIpc) is 2.96. The third kappa shape index (κ3) is 3.41. The maximum atomic E-state index is 14.0. The van der Waals surface area contributed by atoms with E-state index < -0.39 is 23.5 Å². The van der Waals surface area contributed by atoms with Crippen LogP contribution in [0, 0.1) is 19.7 Å². The van der Waals surface area contributed by atoms with Gasteiger partial charge < -0.3 is 5.32 Å². The minimum atomic E-state index is -0.591. The number of anilines is 2. The summed E-state index contributed by atoms with van der Waals surface area (Å²) in [7, 11) is 0. The summed E-state index contributed by atoms with van der Waals surface area (Å²) in [6, 6.07) is 14.1. The zero-order valence-electron chi connectivity index (χ0n) is 16.1. The zero-order chi connectivity index (χ0) is 21.6. The number of hydrogen-bond acceptors (Lipinski definition) is 3. The molecule has 1 N–H and O–H groups in total. The zero-order valence-corrected chi connectivity index (χ0v) is 17.7. The third-order valence-electron chi connectivity index (χ3n) is 4.93. The molecule has 0 saturated carbocycles. The second kappa shape index (κ2) is 7.50. The Balaban J connectivity index is 1.66. The number of hydrogen-bond donors (Lipinski definition) is 1. The standard InChI is InChI=1S/C23H16BrFN2O3/c1-12-3-4-13(2)20(9-12)27-22(29)16-7-5-14(10-17(16)23(27)30)21(28)26-19-8-6-15(24)11-18(19)25/h3-11H,1-2H3,(H,26,28). The molecule has 1 aliphatic heterocycles. The number of amides is 3. The number of carbonyl (C=O) groups excluding carboxylic acids is 3. The number of rotatable bonds is 3. The molecule has 0 fully saturated rings. The topological polar surface area (TPSA) is 66.5 Å². The molecule has 0 aliphatic carbocycles. The van der Waals surface area contributed by atoms with Crippen LogP contribution < -0.4 is 10.2 Å².